The molecule has 1 saturated heterocycles. The van der Waals surface area contributed by atoms with E-state index in [1.165, 1.54) is 50.5 Å². The van der Waals surface area contributed by atoms with E-state index < -0.39 is 0 Å². The van der Waals surface area contributed by atoms with Crippen LogP contribution in [0, 0.1) is 0 Å². The van der Waals surface area contributed by atoms with Crippen LogP contribution in [0.25, 0.3) is 0 Å². The largest absolute Gasteiger partial charge is 0.313 e. The van der Waals surface area contributed by atoms with E-state index in [1.54, 1.807) is 0 Å². The average molecular weight is 216 g/mol. The van der Waals surface area contributed by atoms with Crippen LogP contribution in [-0.4, -0.2) is 48.6 Å². The Hall–Kier alpha value is 0.270. The lowest BCUT2D eigenvalue weighted by Gasteiger charge is -2.21. The number of hydrogen-bond donors (Lipinski definition) is 1. The zero-order valence-electron chi connectivity index (χ0n) is 9.59. The van der Waals surface area contributed by atoms with Crippen molar-refractivity contribution in [1.82, 2.24) is 10.2 Å². The molecule has 1 aliphatic heterocycles. The van der Waals surface area contributed by atoms with Crippen molar-refractivity contribution in [2.75, 3.05) is 37.7 Å². The molecule has 1 aliphatic rings. The van der Waals surface area contributed by atoms with E-state index in [1.807, 2.05) is 0 Å². The predicted molar refractivity (Wildman–Crippen MR) is 66.1 cm³/mol. The molecule has 1 atom stereocenters. The van der Waals surface area contributed by atoms with Gasteiger partial charge in [0.25, 0.3) is 0 Å². The molecule has 0 aromatic rings. The number of hydrogen-bond acceptors (Lipinski definition) is 3. The quantitative estimate of drug-likeness (QED) is 0.706. The van der Waals surface area contributed by atoms with Gasteiger partial charge in [0.15, 0.2) is 0 Å². The standard InChI is InChI=1S/C11H24N2S/c1-3-14-9-5-8-13-7-4-6-12-11(2)10-13/h11-12H,3-10H2,1-2H3. The second-order valence-electron chi connectivity index (χ2n) is 4.06. The molecule has 0 aliphatic carbocycles. The molecule has 1 fully saturated rings. The molecule has 0 radical (unpaired) electrons. The molecule has 0 aromatic carbocycles. The van der Waals surface area contributed by atoms with E-state index in [0.29, 0.717) is 6.04 Å². The van der Waals surface area contributed by atoms with Crippen molar-refractivity contribution in [3.63, 3.8) is 0 Å². The van der Waals surface area contributed by atoms with Crippen LogP contribution in [-0.2, 0) is 0 Å². The summed E-state index contributed by atoms with van der Waals surface area (Å²) < 4.78 is 0. The van der Waals surface area contributed by atoms with E-state index in [-0.39, 0.29) is 0 Å². The van der Waals surface area contributed by atoms with Crippen molar-refractivity contribution in [3.05, 3.63) is 0 Å². The third-order valence-corrected chi connectivity index (χ3v) is 3.63. The number of nitrogens with one attached hydrogen (secondary N) is 1. The Labute approximate surface area is 92.8 Å². The van der Waals surface area contributed by atoms with Crippen molar-refractivity contribution in [2.24, 2.45) is 0 Å². The zero-order chi connectivity index (χ0) is 10.2. The Morgan fingerprint density at radius 2 is 2.36 bits per heavy atom. The van der Waals surface area contributed by atoms with E-state index >= 15 is 0 Å². The lowest BCUT2D eigenvalue weighted by Crippen LogP contribution is -2.35. The van der Waals surface area contributed by atoms with Crippen molar-refractivity contribution in [1.29, 1.82) is 0 Å². The van der Waals surface area contributed by atoms with Gasteiger partial charge in [-0.1, -0.05) is 6.92 Å². The van der Waals surface area contributed by atoms with Crippen LogP contribution < -0.4 is 5.32 Å². The topological polar surface area (TPSA) is 15.3 Å². The third kappa shape index (κ3) is 5.23. The van der Waals surface area contributed by atoms with Gasteiger partial charge in [0.2, 0.25) is 0 Å². The lowest BCUT2D eigenvalue weighted by molar-refractivity contribution is 0.274. The monoisotopic (exact) mass is 216 g/mol. The van der Waals surface area contributed by atoms with Gasteiger partial charge in [-0.15, -0.1) is 0 Å². The minimum Gasteiger partial charge on any atom is -0.313 e. The lowest BCUT2D eigenvalue weighted by atomic mass is 10.3. The van der Waals surface area contributed by atoms with Crippen molar-refractivity contribution < 1.29 is 0 Å². The molecule has 2 nitrogen and oxygen atoms in total. The van der Waals surface area contributed by atoms with Crippen LogP contribution >= 0.6 is 11.8 Å². The van der Waals surface area contributed by atoms with Gasteiger partial charge in [-0.25, -0.2) is 0 Å². The fourth-order valence-corrected chi connectivity index (χ4v) is 2.55. The molecule has 1 N–H and O–H groups in total. The Morgan fingerprint density at radius 1 is 1.50 bits per heavy atom. The highest BCUT2D eigenvalue weighted by Gasteiger charge is 2.12. The molecule has 1 unspecified atom stereocenters. The number of nitrogens with zero attached hydrogens (tertiary/aromatic N) is 1. The molecule has 1 rings (SSSR count). The fraction of sp³-hybridized carbons (Fsp3) is 1.00. The Kier molecular flexibility index (Phi) is 6.65. The summed E-state index contributed by atoms with van der Waals surface area (Å²) in [5.41, 5.74) is 0. The molecule has 3 heteroatoms. The van der Waals surface area contributed by atoms with Crippen LogP contribution in [0.2, 0.25) is 0 Å². The van der Waals surface area contributed by atoms with E-state index in [0.717, 1.165) is 0 Å². The first-order valence-corrected chi connectivity index (χ1v) is 7.02. The molecule has 0 amide bonds. The summed E-state index contributed by atoms with van der Waals surface area (Å²) in [6.45, 7) is 9.53. The summed E-state index contributed by atoms with van der Waals surface area (Å²) in [6.07, 6.45) is 2.66. The van der Waals surface area contributed by atoms with Crippen LogP contribution in [0.4, 0.5) is 0 Å². The smallest absolute Gasteiger partial charge is 0.0166 e. The highest BCUT2D eigenvalue weighted by Crippen LogP contribution is 2.05. The highest BCUT2D eigenvalue weighted by molar-refractivity contribution is 7.99. The van der Waals surface area contributed by atoms with Gasteiger partial charge in [0.1, 0.15) is 0 Å². The minimum atomic E-state index is 0.677. The fourth-order valence-electron chi connectivity index (χ4n) is 1.93. The Bertz CT molecular complexity index is 141. The van der Waals surface area contributed by atoms with Crippen molar-refractivity contribution >= 4 is 11.8 Å². The first-order chi connectivity index (χ1) is 6.83. The summed E-state index contributed by atoms with van der Waals surface area (Å²) in [5.74, 6) is 2.59. The summed E-state index contributed by atoms with van der Waals surface area (Å²) in [6, 6.07) is 0.677. The van der Waals surface area contributed by atoms with Gasteiger partial charge in [-0.05, 0) is 50.9 Å². The first kappa shape index (κ1) is 12.3. The third-order valence-electron chi connectivity index (χ3n) is 2.64. The van der Waals surface area contributed by atoms with E-state index in [2.05, 4.69) is 35.8 Å². The van der Waals surface area contributed by atoms with Gasteiger partial charge in [-0.3, -0.25) is 0 Å². The average Bonchev–Trinajstić information content (AvgIpc) is 2.38. The SMILES string of the molecule is CCSCCCN1CCCNC(C)C1. The summed E-state index contributed by atoms with van der Waals surface area (Å²) in [7, 11) is 0. The van der Waals surface area contributed by atoms with Crippen LogP contribution in [0.3, 0.4) is 0 Å². The molecule has 84 valence electrons. The van der Waals surface area contributed by atoms with E-state index in [9.17, 15) is 0 Å². The van der Waals surface area contributed by atoms with Gasteiger partial charge >= 0.3 is 0 Å². The van der Waals surface area contributed by atoms with Gasteiger partial charge in [0, 0.05) is 12.6 Å². The molecule has 0 bridgehead atoms. The van der Waals surface area contributed by atoms with Crippen LogP contribution in [0.1, 0.15) is 26.7 Å². The second kappa shape index (κ2) is 7.55. The summed E-state index contributed by atoms with van der Waals surface area (Å²) >= 11 is 2.06. The highest BCUT2D eigenvalue weighted by atomic mass is 32.2. The summed E-state index contributed by atoms with van der Waals surface area (Å²) in [5, 5.41) is 3.53. The number of thioether (sulfide) groups is 1. The number of rotatable bonds is 5. The van der Waals surface area contributed by atoms with Crippen molar-refractivity contribution in [2.45, 2.75) is 32.7 Å². The molecular formula is C11H24N2S. The zero-order valence-corrected chi connectivity index (χ0v) is 10.4. The maximum atomic E-state index is 3.53. The molecule has 1 heterocycles. The van der Waals surface area contributed by atoms with Gasteiger partial charge in [0.05, 0.1) is 0 Å². The molecule has 0 spiro atoms. The molecule has 0 aromatic heterocycles. The normalized spacial score (nSPS) is 24.9. The van der Waals surface area contributed by atoms with Crippen molar-refractivity contribution in [3.8, 4) is 0 Å². The molecule has 0 saturated carbocycles. The Balaban J connectivity index is 2.09. The Morgan fingerprint density at radius 3 is 3.14 bits per heavy atom. The predicted octanol–water partition coefficient (Wildman–Crippen LogP) is 1.81. The maximum absolute atomic E-state index is 3.53. The molecular weight excluding hydrogens is 192 g/mol. The van der Waals surface area contributed by atoms with Gasteiger partial charge in [-0.2, -0.15) is 11.8 Å². The van der Waals surface area contributed by atoms with Gasteiger partial charge < -0.3 is 10.2 Å². The minimum absolute atomic E-state index is 0.677. The first-order valence-electron chi connectivity index (χ1n) is 5.86. The summed E-state index contributed by atoms with van der Waals surface area (Å²) in [4.78, 5) is 2.61. The van der Waals surface area contributed by atoms with E-state index in [4.69, 9.17) is 0 Å². The van der Waals surface area contributed by atoms with Crippen LogP contribution in [0.15, 0.2) is 0 Å². The maximum Gasteiger partial charge on any atom is 0.0166 e. The van der Waals surface area contributed by atoms with Crippen LogP contribution in [0.5, 0.6) is 0 Å². The second-order valence-corrected chi connectivity index (χ2v) is 5.45. The molecule has 14 heavy (non-hydrogen) atoms.